The molecule has 0 fully saturated rings. The van der Waals surface area contributed by atoms with Gasteiger partial charge in [-0.2, -0.15) is 0 Å². The summed E-state index contributed by atoms with van der Waals surface area (Å²) in [5, 5.41) is 0. The number of hydrogen-bond donors (Lipinski definition) is 0. The summed E-state index contributed by atoms with van der Waals surface area (Å²) in [5.41, 5.74) is 1.44. The van der Waals surface area contributed by atoms with Crippen molar-refractivity contribution in [3.05, 3.63) is 36.4 Å². The normalized spacial score (nSPS) is 15.9. The minimum atomic E-state index is -0.0780. The molecule has 142 valence electrons. The van der Waals surface area contributed by atoms with Crippen molar-refractivity contribution in [2.75, 3.05) is 39.2 Å². The molecule has 1 aliphatic rings. The number of amides is 2. The lowest BCUT2D eigenvalue weighted by molar-refractivity contribution is -0.132. The Bertz CT molecular complexity index is 685. The summed E-state index contributed by atoms with van der Waals surface area (Å²) in [5.74, 6) is 0.749. The Morgan fingerprint density at radius 1 is 1.38 bits per heavy atom. The number of hydrogen-bond acceptors (Lipinski definition) is 4. The highest BCUT2D eigenvalue weighted by molar-refractivity contribution is 5.95. The molecule has 0 saturated carbocycles. The van der Waals surface area contributed by atoms with Crippen molar-refractivity contribution in [3.8, 4) is 5.75 Å². The fourth-order valence-corrected chi connectivity index (χ4v) is 3.06. The van der Waals surface area contributed by atoms with Gasteiger partial charge in [-0.05, 0) is 32.0 Å². The second-order valence-electron chi connectivity index (χ2n) is 7.09. The van der Waals surface area contributed by atoms with Crippen LogP contribution in [0.2, 0.25) is 0 Å². The van der Waals surface area contributed by atoms with Crippen molar-refractivity contribution in [1.29, 1.82) is 0 Å². The number of ether oxygens (including phenoxy) is 1. The highest BCUT2D eigenvalue weighted by Crippen LogP contribution is 2.35. The molecule has 0 aromatic heterocycles. The molecule has 2 amide bonds. The smallest absolute Gasteiger partial charge is 0.253 e. The van der Waals surface area contributed by atoms with E-state index in [2.05, 4.69) is 6.58 Å². The van der Waals surface area contributed by atoms with Crippen LogP contribution in [0.25, 0.3) is 0 Å². The van der Waals surface area contributed by atoms with Gasteiger partial charge in [0, 0.05) is 39.3 Å². The largest absolute Gasteiger partial charge is 0.489 e. The van der Waals surface area contributed by atoms with Crippen molar-refractivity contribution in [2.45, 2.75) is 32.4 Å². The minimum absolute atomic E-state index is 0.0589. The first kappa shape index (κ1) is 19.8. The maximum Gasteiger partial charge on any atom is 0.253 e. The van der Waals surface area contributed by atoms with Crippen LogP contribution in [-0.2, 0) is 4.79 Å². The maximum atomic E-state index is 12.7. The number of carbonyl (C=O) groups excluding carboxylic acids is 2. The fourth-order valence-electron chi connectivity index (χ4n) is 3.06. The molecule has 1 aromatic carbocycles. The number of rotatable bonds is 6. The number of fused-ring (bicyclic) bond motifs is 1. The number of benzene rings is 1. The zero-order chi connectivity index (χ0) is 19.4. The number of likely N-dealkylation sites (N-methyl/N-ethyl adjacent to an activating group) is 1. The van der Waals surface area contributed by atoms with Crippen LogP contribution in [0.5, 0.6) is 5.75 Å². The average Bonchev–Trinajstić information content (AvgIpc) is 2.60. The van der Waals surface area contributed by atoms with E-state index in [4.69, 9.17) is 4.74 Å². The lowest BCUT2D eigenvalue weighted by atomic mass is 10.1. The topological polar surface area (TPSA) is 53.1 Å². The molecule has 2 rings (SSSR count). The van der Waals surface area contributed by atoms with E-state index in [0.717, 1.165) is 11.4 Å². The average molecular weight is 359 g/mol. The zero-order valence-electron chi connectivity index (χ0n) is 16.4. The summed E-state index contributed by atoms with van der Waals surface area (Å²) in [6.07, 6.45) is 2.10. The lowest BCUT2D eigenvalue weighted by Gasteiger charge is -2.37. The Morgan fingerprint density at radius 2 is 2.08 bits per heavy atom. The summed E-state index contributed by atoms with van der Waals surface area (Å²) in [6, 6.07) is 5.46. The number of carbonyl (C=O) groups is 2. The molecule has 0 bridgehead atoms. The summed E-state index contributed by atoms with van der Waals surface area (Å²) in [6.45, 7) is 8.70. The van der Waals surface area contributed by atoms with Crippen LogP contribution < -0.4 is 9.64 Å². The molecule has 0 aliphatic carbocycles. The van der Waals surface area contributed by atoms with Gasteiger partial charge < -0.3 is 19.4 Å². The van der Waals surface area contributed by atoms with Gasteiger partial charge in [-0.25, -0.2) is 0 Å². The molecular formula is C20H29N3O3. The van der Waals surface area contributed by atoms with Crippen LogP contribution in [0, 0.1) is 0 Å². The molecule has 0 saturated heterocycles. The molecular weight excluding hydrogens is 330 g/mol. The van der Waals surface area contributed by atoms with E-state index < -0.39 is 0 Å². The second-order valence-corrected chi connectivity index (χ2v) is 7.09. The van der Waals surface area contributed by atoms with Gasteiger partial charge in [0.1, 0.15) is 12.4 Å². The van der Waals surface area contributed by atoms with Crippen molar-refractivity contribution in [2.24, 2.45) is 0 Å². The molecule has 0 spiro atoms. The molecule has 0 radical (unpaired) electrons. The summed E-state index contributed by atoms with van der Waals surface area (Å²) < 4.78 is 5.85. The van der Waals surface area contributed by atoms with Crippen LogP contribution in [0.4, 0.5) is 5.69 Å². The lowest BCUT2D eigenvalue weighted by Crippen LogP contribution is -2.46. The van der Waals surface area contributed by atoms with Crippen LogP contribution in [0.1, 0.15) is 30.6 Å². The SMILES string of the molecule is C=CCN(C(=O)C[C@@H]1COc2ccc(C(=O)N(C)C)cc2N1C)C(C)C. The monoisotopic (exact) mass is 359 g/mol. The third-order valence-corrected chi connectivity index (χ3v) is 4.65. The summed E-state index contributed by atoms with van der Waals surface area (Å²) >= 11 is 0. The molecule has 1 aromatic rings. The molecule has 1 aliphatic heterocycles. The third kappa shape index (κ3) is 4.18. The standard InChI is InChI=1S/C20H29N3O3/c1-7-10-23(14(2)3)19(24)12-16-13-26-18-9-8-15(20(25)21(4)5)11-17(18)22(16)6/h7-9,11,14,16H,1,10,12-13H2,2-6H3/t16-/m1/s1. The molecule has 0 N–H and O–H groups in total. The van der Waals surface area contributed by atoms with Crippen LogP contribution in [-0.4, -0.2) is 68.0 Å². The third-order valence-electron chi connectivity index (χ3n) is 4.65. The first-order chi connectivity index (χ1) is 12.3. The Hall–Kier alpha value is -2.50. The van der Waals surface area contributed by atoms with Crippen LogP contribution in [0.15, 0.2) is 30.9 Å². The molecule has 6 heteroatoms. The summed E-state index contributed by atoms with van der Waals surface area (Å²) in [7, 11) is 5.39. The van der Waals surface area contributed by atoms with E-state index >= 15 is 0 Å². The molecule has 0 unspecified atom stereocenters. The number of nitrogens with zero attached hydrogens (tertiary/aromatic N) is 3. The van der Waals surface area contributed by atoms with Crippen molar-refractivity contribution < 1.29 is 14.3 Å². The van der Waals surface area contributed by atoms with Gasteiger partial charge in [0.2, 0.25) is 5.91 Å². The zero-order valence-corrected chi connectivity index (χ0v) is 16.4. The van der Waals surface area contributed by atoms with E-state index in [1.807, 2.05) is 42.8 Å². The van der Waals surface area contributed by atoms with E-state index in [9.17, 15) is 9.59 Å². The van der Waals surface area contributed by atoms with E-state index in [1.165, 1.54) is 0 Å². The van der Waals surface area contributed by atoms with Gasteiger partial charge in [-0.1, -0.05) is 6.08 Å². The van der Waals surface area contributed by atoms with E-state index in [-0.39, 0.29) is 23.9 Å². The Kier molecular flexibility index (Phi) is 6.29. The fraction of sp³-hybridized carbons (Fsp3) is 0.500. The second kappa shape index (κ2) is 8.25. The molecule has 26 heavy (non-hydrogen) atoms. The molecule has 1 atom stereocenters. The van der Waals surface area contributed by atoms with Crippen LogP contribution >= 0.6 is 0 Å². The van der Waals surface area contributed by atoms with Crippen molar-refractivity contribution in [3.63, 3.8) is 0 Å². The minimum Gasteiger partial charge on any atom is -0.489 e. The van der Waals surface area contributed by atoms with Gasteiger partial charge in [0.25, 0.3) is 5.91 Å². The summed E-state index contributed by atoms with van der Waals surface area (Å²) in [4.78, 5) is 30.3. The maximum absolute atomic E-state index is 12.7. The predicted octanol–water partition coefficient (Wildman–Crippen LogP) is 2.40. The first-order valence-corrected chi connectivity index (χ1v) is 8.88. The van der Waals surface area contributed by atoms with Gasteiger partial charge in [0.05, 0.1) is 18.2 Å². The van der Waals surface area contributed by atoms with Crippen molar-refractivity contribution >= 4 is 17.5 Å². The highest BCUT2D eigenvalue weighted by atomic mass is 16.5. The van der Waals surface area contributed by atoms with Gasteiger partial charge in [0.15, 0.2) is 0 Å². The van der Waals surface area contributed by atoms with Crippen molar-refractivity contribution in [1.82, 2.24) is 9.80 Å². The highest BCUT2D eigenvalue weighted by Gasteiger charge is 2.29. The Morgan fingerprint density at radius 3 is 2.65 bits per heavy atom. The first-order valence-electron chi connectivity index (χ1n) is 8.88. The van der Waals surface area contributed by atoms with Crippen LogP contribution in [0.3, 0.4) is 0 Å². The quantitative estimate of drug-likeness (QED) is 0.732. The number of anilines is 1. The Balaban J connectivity index is 2.19. The Labute approximate surface area is 156 Å². The predicted molar refractivity (Wildman–Crippen MR) is 104 cm³/mol. The molecule has 1 heterocycles. The van der Waals surface area contributed by atoms with Gasteiger partial charge >= 0.3 is 0 Å². The van der Waals surface area contributed by atoms with Gasteiger partial charge in [-0.3, -0.25) is 9.59 Å². The van der Waals surface area contributed by atoms with E-state index in [0.29, 0.717) is 25.1 Å². The molecule has 6 nitrogen and oxygen atoms in total. The van der Waals surface area contributed by atoms with E-state index in [1.54, 1.807) is 31.1 Å². The van der Waals surface area contributed by atoms with Gasteiger partial charge in [-0.15, -0.1) is 6.58 Å².